The molecule has 0 saturated heterocycles. The second-order valence-electron chi connectivity index (χ2n) is 5.06. The fourth-order valence-electron chi connectivity index (χ4n) is 2.18. The summed E-state index contributed by atoms with van der Waals surface area (Å²) in [5.41, 5.74) is 1.77. The zero-order valence-corrected chi connectivity index (χ0v) is 17.6. The number of nitrogens with one attached hydrogen (secondary N) is 2. The molecule has 0 aliphatic carbocycles. The summed E-state index contributed by atoms with van der Waals surface area (Å²) in [7, 11) is 3.21. The fourth-order valence-corrected chi connectivity index (χ4v) is 3.71. The van der Waals surface area contributed by atoms with Gasteiger partial charge in [-0.2, -0.15) is 0 Å². The molecule has 0 fully saturated rings. The lowest BCUT2D eigenvalue weighted by molar-refractivity contribution is 0.354. The predicted molar refractivity (Wildman–Crippen MR) is 109 cm³/mol. The van der Waals surface area contributed by atoms with Crippen molar-refractivity contribution in [3.63, 3.8) is 0 Å². The SMILES string of the molecule is COc1ccc(CCNC(=S)Nc2c(Br)cc(F)cc2Br)cc1OC. The van der Waals surface area contributed by atoms with E-state index in [4.69, 9.17) is 21.7 Å². The van der Waals surface area contributed by atoms with Crippen LogP contribution in [0, 0.1) is 5.82 Å². The van der Waals surface area contributed by atoms with Gasteiger partial charge in [-0.3, -0.25) is 0 Å². The van der Waals surface area contributed by atoms with E-state index in [2.05, 4.69) is 42.5 Å². The molecule has 0 bridgehead atoms. The summed E-state index contributed by atoms with van der Waals surface area (Å²) in [5, 5.41) is 6.63. The van der Waals surface area contributed by atoms with Gasteiger partial charge in [0.15, 0.2) is 16.6 Å². The highest BCUT2D eigenvalue weighted by Gasteiger charge is 2.09. The molecule has 4 nitrogen and oxygen atoms in total. The summed E-state index contributed by atoms with van der Waals surface area (Å²) >= 11 is 11.9. The highest BCUT2D eigenvalue weighted by atomic mass is 79.9. The number of halogens is 3. The number of ether oxygens (including phenoxy) is 2. The van der Waals surface area contributed by atoms with Gasteiger partial charge in [-0.1, -0.05) is 6.07 Å². The Labute approximate surface area is 168 Å². The van der Waals surface area contributed by atoms with Crippen LogP contribution in [-0.2, 0) is 6.42 Å². The minimum Gasteiger partial charge on any atom is -0.493 e. The fraction of sp³-hybridized carbons (Fsp3) is 0.235. The summed E-state index contributed by atoms with van der Waals surface area (Å²) in [6.07, 6.45) is 0.758. The van der Waals surface area contributed by atoms with Gasteiger partial charge in [-0.25, -0.2) is 4.39 Å². The molecule has 8 heteroatoms. The number of anilines is 1. The van der Waals surface area contributed by atoms with Gasteiger partial charge in [-0.05, 0) is 80.3 Å². The first-order valence-electron chi connectivity index (χ1n) is 7.35. The second kappa shape index (κ2) is 9.35. The summed E-state index contributed by atoms with van der Waals surface area (Å²) < 4.78 is 25.0. The molecule has 0 heterocycles. The van der Waals surface area contributed by atoms with Crippen LogP contribution in [-0.4, -0.2) is 25.9 Å². The molecule has 2 N–H and O–H groups in total. The first kappa shape index (κ1) is 19.9. The molecule has 0 aliphatic heterocycles. The number of hydrogen-bond donors (Lipinski definition) is 2. The standard InChI is InChI=1S/C17H17Br2FN2O2S/c1-23-14-4-3-10(7-15(14)24-2)5-6-21-17(25)22-16-12(18)8-11(20)9-13(16)19/h3-4,7-9H,5-6H2,1-2H3,(H2,21,22,25). The predicted octanol–water partition coefficient (Wildman–Crippen LogP) is 4.90. The molecule has 2 rings (SSSR count). The van der Waals surface area contributed by atoms with E-state index in [1.54, 1.807) is 14.2 Å². The Bertz CT molecular complexity index is 751. The van der Waals surface area contributed by atoms with E-state index in [1.165, 1.54) is 12.1 Å². The van der Waals surface area contributed by atoms with Gasteiger partial charge in [0.25, 0.3) is 0 Å². The van der Waals surface area contributed by atoms with Crippen LogP contribution >= 0.6 is 44.1 Å². The van der Waals surface area contributed by atoms with Gasteiger partial charge in [0.1, 0.15) is 5.82 Å². The third-order valence-corrected chi connectivity index (χ3v) is 4.89. The summed E-state index contributed by atoms with van der Waals surface area (Å²) in [5.74, 6) is 1.05. The van der Waals surface area contributed by atoms with Crippen LogP contribution < -0.4 is 20.1 Å². The molecule has 0 radical (unpaired) electrons. The Morgan fingerprint density at radius 2 is 1.72 bits per heavy atom. The lowest BCUT2D eigenvalue weighted by Crippen LogP contribution is -2.30. The number of benzene rings is 2. The van der Waals surface area contributed by atoms with Crippen molar-refractivity contribution in [2.45, 2.75) is 6.42 Å². The summed E-state index contributed by atoms with van der Waals surface area (Å²) in [6.45, 7) is 0.637. The normalized spacial score (nSPS) is 10.3. The molecule has 0 aromatic heterocycles. The molecule has 134 valence electrons. The smallest absolute Gasteiger partial charge is 0.170 e. The zero-order valence-electron chi connectivity index (χ0n) is 13.7. The van der Waals surface area contributed by atoms with Crippen LogP contribution in [0.5, 0.6) is 11.5 Å². The molecule has 25 heavy (non-hydrogen) atoms. The van der Waals surface area contributed by atoms with Crippen molar-refractivity contribution in [3.8, 4) is 11.5 Å². The molecule has 0 unspecified atom stereocenters. The van der Waals surface area contributed by atoms with Crippen LogP contribution in [0.4, 0.5) is 10.1 Å². The van der Waals surface area contributed by atoms with Crippen molar-refractivity contribution in [1.29, 1.82) is 0 Å². The van der Waals surface area contributed by atoms with E-state index in [-0.39, 0.29) is 5.82 Å². The van der Waals surface area contributed by atoms with E-state index in [1.807, 2.05) is 18.2 Å². The molecular weight excluding hydrogens is 475 g/mol. The molecule has 0 aliphatic rings. The van der Waals surface area contributed by atoms with Crippen LogP contribution in [0.2, 0.25) is 0 Å². The van der Waals surface area contributed by atoms with E-state index in [0.717, 1.165) is 12.0 Å². The van der Waals surface area contributed by atoms with Crippen molar-refractivity contribution in [2.75, 3.05) is 26.1 Å². The summed E-state index contributed by atoms with van der Waals surface area (Å²) in [4.78, 5) is 0. The second-order valence-corrected chi connectivity index (χ2v) is 7.18. The quantitative estimate of drug-likeness (QED) is 0.563. The lowest BCUT2D eigenvalue weighted by Gasteiger charge is -2.14. The molecule has 0 spiro atoms. The van der Waals surface area contributed by atoms with E-state index < -0.39 is 0 Å². The van der Waals surface area contributed by atoms with Crippen molar-refractivity contribution in [3.05, 3.63) is 50.7 Å². The van der Waals surface area contributed by atoms with E-state index in [9.17, 15) is 4.39 Å². The van der Waals surface area contributed by atoms with Gasteiger partial charge in [0.05, 0.1) is 19.9 Å². The lowest BCUT2D eigenvalue weighted by atomic mass is 10.1. The molecule has 0 atom stereocenters. The monoisotopic (exact) mass is 490 g/mol. The first-order valence-corrected chi connectivity index (χ1v) is 9.34. The van der Waals surface area contributed by atoms with Gasteiger partial charge in [0.2, 0.25) is 0 Å². The zero-order chi connectivity index (χ0) is 18.4. The third kappa shape index (κ3) is 5.55. The average molecular weight is 492 g/mol. The van der Waals surface area contributed by atoms with E-state index >= 15 is 0 Å². The van der Waals surface area contributed by atoms with Gasteiger partial charge in [0, 0.05) is 15.5 Å². The van der Waals surface area contributed by atoms with Crippen molar-refractivity contribution in [1.82, 2.24) is 5.32 Å². The molecule has 2 aromatic rings. The van der Waals surface area contributed by atoms with Gasteiger partial charge >= 0.3 is 0 Å². The Morgan fingerprint density at radius 3 is 2.32 bits per heavy atom. The van der Waals surface area contributed by atoms with Crippen LogP contribution in [0.1, 0.15) is 5.56 Å². The van der Waals surface area contributed by atoms with Crippen LogP contribution in [0.3, 0.4) is 0 Å². The Hall–Kier alpha value is -1.38. The molecule has 0 amide bonds. The first-order chi connectivity index (χ1) is 11.9. The maximum atomic E-state index is 13.3. The van der Waals surface area contributed by atoms with Crippen LogP contribution in [0.25, 0.3) is 0 Å². The minimum atomic E-state index is -0.336. The van der Waals surface area contributed by atoms with Crippen molar-refractivity contribution < 1.29 is 13.9 Å². The van der Waals surface area contributed by atoms with Crippen molar-refractivity contribution >= 4 is 54.9 Å². The number of hydrogen-bond acceptors (Lipinski definition) is 3. The van der Waals surface area contributed by atoms with Gasteiger partial charge < -0.3 is 20.1 Å². The molecular formula is C17H17Br2FN2O2S. The maximum absolute atomic E-state index is 13.3. The molecule has 0 saturated carbocycles. The van der Waals surface area contributed by atoms with Gasteiger partial charge in [-0.15, -0.1) is 0 Å². The number of thiocarbonyl (C=S) groups is 1. The highest BCUT2D eigenvalue weighted by Crippen LogP contribution is 2.32. The average Bonchev–Trinajstić information content (AvgIpc) is 2.58. The van der Waals surface area contributed by atoms with E-state index in [0.29, 0.717) is 37.8 Å². The maximum Gasteiger partial charge on any atom is 0.170 e. The van der Waals surface area contributed by atoms with Crippen LogP contribution in [0.15, 0.2) is 39.3 Å². The number of methoxy groups -OCH3 is 2. The largest absolute Gasteiger partial charge is 0.493 e. The summed E-state index contributed by atoms with van der Waals surface area (Å²) in [6, 6.07) is 8.53. The highest BCUT2D eigenvalue weighted by molar-refractivity contribution is 9.11. The minimum absolute atomic E-state index is 0.336. The Balaban J connectivity index is 1.91. The van der Waals surface area contributed by atoms with Crippen molar-refractivity contribution in [2.24, 2.45) is 0 Å². The Morgan fingerprint density at radius 1 is 1.08 bits per heavy atom. The third-order valence-electron chi connectivity index (χ3n) is 3.39. The topological polar surface area (TPSA) is 42.5 Å². The molecule has 2 aromatic carbocycles. The Kier molecular flexibility index (Phi) is 7.46. The number of rotatable bonds is 6.